The summed E-state index contributed by atoms with van der Waals surface area (Å²) in [5.74, 6) is -6.24. The average Bonchev–Trinajstić information content (AvgIpc) is 3.32. The van der Waals surface area contributed by atoms with Crippen molar-refractivity contribution < 1.29 is 62.3 Å². The zero-order valence-electron chi connectivity index (χ0n) is 40.6. The topological polar surface area (TPSA) is 400 Å². The first kappa shape index (κ1) is 56.1. The SMILES string of the molecule is Cc1nc(-c2ccc(C(C)(C)C)cc2)nc(CN)c1C(=O)N[C@@H](CNS(N)(=O)=O)C(=O)N(C)[C@@H]1C(=O)N[C@@H](C)C(=O)N[C@H](C(=O)O)Cc2ccc(OC[C@H](O)CN)c(c2)-c2cc1cc(OC[C@H](O)CN)c2O. The fourth-order valence-corrected chi connectivity index (χ4v) is 8.02. The Morgan fingerprint density at radius 1 is 0.903 bits per heavy atom. The molecule has 0 unspecified atom stereocenters. The van der Waals surface area contributed by atoms with Gasteiger partial charge in [0.05, 0.1) is 17.0 Å². The van der Waals surface area contributed by atoms with Gasteiger partial charge in [0.15, 0.2) is 17.3 Å². The van der Waals surface area contributed by atoms with Gasteiger partial charge in [-0.1, -0.05) is 51.1 Å². The number of carbonyl (C=O) groups is 5. The van der Waals surface area contributed by atoms with E-state index in [0.29, 0.717) is 11.1 Å². The molecule has 390 valence electrons. The number of aliphatic hydroxyl groups is 2. The third-order valence-electron chi connectivity index (χ3n) is 11.6. The number of likely N-dealkylation sites (N-methyl/N-ethyl adjacent to an activating group) is 1. The molecule has 4 bridgehead atoms. The van der Waals surface area contributed by atoms with Crippen LogP contribution in [0.4, 0.5) is 0 Å². The fourth-order valence-electron chi connectivity index (χ4n) is 7.62. The fraction of sp³-hybridized carbons (Fsp3) is 0.426. The smallest absolute Gasteiger partial charge is 0.326 e. The number of nitrogens with zero attached hydrogens (tertiary/aromatic N) is 3. The predicted molar refractivity (Wildman–Crippen MR) is 262 cm³/mol. The Bertz CT molecular complexity index is 2770. The second-order valence-electron chi connectivity index (χ2n) is 18.2. The summed E-state index contributed by atoms with van der Waals surface area (Å²) in [6.07, 6.45) is -2.72. The first-order chi connectivity index (χ1) is 33.8. The molecule has 5 rings (SSSR count). The number of carboxylic acid groups (broad SMARTS) is 1. The Balaban J connectivity index is 1.68. The van der Waals surface area contributed by atoms with E-state index in [-0.39, 0.29) is 89.0 Å². The van der Waals surface area contributed by atoms with Crippen LogP contribution in [-0.4, -0.2) is 144 Å². The van der Waals surface area contributed by atoms with Crippen LogP contribution < -0.4 is 52.5 Å². The van der Waals surface area contributed by atoms with Crippen LogP contribution in [0.5, 0.6) is 17.2 Å². The van der Waals surface area contributed by atoms with Gasteiger partial charge in [0.2, 0.25) is 17.7 Å². The molecule has 1 aliphatic rings. The van der Waals surface area contributed by atoms with Gasteiger partial charge in [0.1, 0.15) is 55.3 Å². The molecule has 16 N–H and O–H groups in total. The summed E-state index contributed by atoms with van der Waals surface area (Å²) in [7, 11) is -3.41. The highest BCUT2D eigenvalue weighted by molar-refractivity contribution is 7.87. The Hall–Kier alpha value is -6.84. The normalized spacial score (nSPS) is 17.6. The molecule has 4 aromatic rings. The van der Waals surface area contributed by atoms with Crippen molar-refractivity contribution in [3.8, 4) is 39.8 Å². The third kappa shape index (κ3) is 14.0. The molecule has 0 aliphatic carbocycles. The molecule has 6 atom stereocenters. The van der Waals surface area contributed by atoms with E-state index in [0.717, 1.165) is 17.5 Å². The number of fused-ring (bicyclic) bond motifs is 5. The van der Waals surface area contributed by atoms with Crippen molar-refractivity contribution in [3.63, 3.8) is 0 Å². The number of aromatic nitrogens is 2. The maximum Gasteiger partial charge on any atom is 0.326 e. The number of rotatable bonds is 18. The number of aliphatic hydroxyl groups excluding tert-OH is 2. The summed E-state index contributed by atoms with van der Waals surface area (Å²) < 4.78 is 38.4. The van der Waals surface area contributed by atoms with Crippen molar-refractivity contribution in [1.29, 1.82) is 0 Å². The first-order valence-electron chi connectivity index (χ1n) is 22.7. The summed E-state index contributed by atoms with van der Waals surface area (Å²) in [4.78, 5) is 80.0. The molecule has 0 saturated heterocycles. The van der Waals surface area contributed by atoms with Gasteiger partial charge in [-0.15, -0.1) is 0 Å². The zero-order chi connectivity index (χ0) is 53.4. The van der Waals surface area contributed by atoms with E-state index >= 15 is 0 Å². The highest BCUT2D eigenvalue weighted by Crippen LogP contribution is 2.45. The van der Waals surface area contributed by atoms with Gasteiger partial charge in [0, 0.05) is 56.3 Å². The lowest BCUT2D eigenvalue weighted by molar-refractivity contribution is -0.143. The number of aryl methyl sites for hydroxylation is 1. The van der Waals surface area contributed by atoms with E-state index < -0.39 is 95.1 Å². The number of nitrogens with one attached hydrogen (secondary N) is 4. The number of nitrogens with two attached hydrogens (primary N) is 4. The van der Waals surface area contributed by atoms with Crippen LogP contribution in [0.1, 0.15) is 72.2 Å². The number of hydrogen-bond acceptors (Lipinski definition) is 17. The minimum Gasteiger partial charge on any atom is -0.504 e. The molecule has 0 saturated carbocycles. The quantitative estimate of drug-likeness (QED) is 0.0551. The molecule has 25 heteroatoms. The van der Waals surface area contributed by atoms with E-state index in [9.17, 15) is 52.8 Å². The van der Waals surface area contributed by atoms with Gasteiger partial charge >= 0.3 is 5.97 Å². The Morgan fingerprint density at radius 3 is 2.10 bits per heavy atom. The monoisotopic (exact) mass is 1020 g/mol. The van der Waals surface area contributed by atoms with Gasteiger partial charge in [-0.2, -0.15) is 13.1 Å². The molecule has 3 aromatic carbocycles. The number of hydrogen-bond donors (Lipinski definition) is 12. The van der Waals surface area contributed by atoms with E-state index in [4.69, 9.17) is 31.8 Å². The van der Waals surface area contributed by atoms with Crippen LogP contribution in [-0.2, 0) is 47.8 Å². The average molecular weight is 1020 g/mol. The Kier molecular flexibility index (Phi) is 18.4. The van der Waals surface area contributed by atoms with Crippen molar-refractivity contribution in [2.45, 2.75) is 89.4 Å². The molecule has 1 aliphatic heterocycles. The van der Waals surface area contributed by atoms with Crippen LogP contribution in [0, 0.1) is 6.92 Å². The minimum absolute atomic E-state index is 0.00754. The number of ether oxygens (including phenoxy) is 2. The van der Waals surface area contributed by atoms with Gasteiger partial charge in [0.25, 0.3) is 16.1 Å². The molecule has 24 nitrogen and oxygen atoms in total. The summed E-state index contributed by atoms with van der Waals surface area (Å²) in [6, 6.07) is 7.55. The summed E-state index contributed by atoms with van der Waals surface area (Å²) in [5, 5.41) is 55.5. The van der Waals surface area contributed by atoms with Crippen LogP contribution in [0.15, 0.2) is 54.6 Å². The molecule has 0 spiro atoms. The largest absolute Gasteiger partial charge is 0.504 e. The summed E-state index contributed by atoms with van der Waals surface area (Å²) in [6.45, 7) is 6.51. The number of carbonyl (C=O) groups excluding carboxylic acids is 4. The maximum atomic E-state index is 14.9. The van der Waals surface area contributed by atoms with Crippen molar-refractivity contribution in [1.82, 2.24) is 35.5 Å². The van der Waals surface area contributed by atoms with Gasteiger partial charge in [-0.05, 0) is 60.2 Å². The second kappa shape index (κ2) is 23.6. The summed E-state index contributed by atoms with van der Waals surface area (Å²) in [5.41, 5.74) is 19.1. The highest BCUT2D eigenvalue weighted by atomic mass is 32.2. The van der Waals surface area contributed by atoms with Crippen LogP contribution in [0.25, 0.3) is 22.5 Å². The number of amides is 4. The van der Waals surface area contributed by atoms with Crippen LogP contribution in [0.3, 0.4) is 0 Å². The predicted octanol–water partition coefficient (Wildman–Crippen LogP) is -1.30. The molecule has 4 amide bonds. The molecule has 72 heavy (non-hydrogen) atoms. The lowest BCUT2D eigenvalue weighted by Crippen LogP contribution is -2.57. The van der Waals surface area contributed by atoms with E-state index in [1.165, 1.54) is 44.2 Å². The minimum atomic E-state index is -4.54. The highest BCUT2D eigenvalue weighted by Gasteiger charge is 2.38. The van der Waals surface area contributed by atoms with E-state index in [1.807, 2.05) is 29.0 Å². The lowest BCUT2D eigenvalue weighted by Gasteiger charge is -2.33. The standard InChI is InChI=1S/C47H63N11O13S/c1-23-38(34(19-50)55-41(53-23)26-8-10-28(11-9-26)47(3,4)5)43(63)57-35(20-52-72(51,68)69)45(65)58(6)39-27-15-32(40(61)37(16-27)71-22-30(60)18-49)31-13-25(7-12-36(31)70-21-29(59)17-48)14-33(46(66)67)56-42(62)24(2)54-44(39)64/h7-13,15-16,24,29-30,33,35,39,52,59-61H,14,17-22,48-50H2,1-6H3,(H,54,64)(H,56,62)(H,57,63)(H,66,67)(H2,51,68,69)/t24-,29+,30+,33-,35-,39-/m0/s1. The number of aliphatic carboxylic acids is 1. The Morgan fingerprint density at radius 2 is 1.53 bits per heavy atom. The molecular formula is C47H63N11O13S. The summed E-state index contributed by atoms with van der Waals surface area (Å²) >= 11 is 0. The molecule has 2 heterocycles. The first-order valence-corrected chi connectivity index (χ1v) is 24.2. The maximum absolute atomic E-state index is 14.9. The van der Waals surface area contributed by atoms with Crippen molar-refractivity contribution in [2.24, 2.45) is 22.3 Å². The number of phenolic OH excluding ortho intramolecular Hbond substituents is 1. The lowest BCUT2D eigenvalue weighted by atomic mass is 9.86. The van der Waals surface area contributed by atoms with Gasteiger partial charge in [-0.25, -0.2) is 19.9 Å². The molecular weight excluding hydrogens is 959 g/mol. The number of carboxylic acids is 1. The van der Waals surface area contributed by atoms with Gasteiger partial charge < -0.3 is 68.0 Å². The van der Waals surface area contributed by atoms with E-state index in [2.05, 4.69) is 46.7 Å². The number of phenols is 1. The third-order valence-corrected chi connectivity index (χ3v) is 12.2. The number of aromatic hydroxyl groups is 1. The van der Waals surface area contributed by atoms with E-state index in [1.54, 1.807) is 0 Å². The molecule has 1 aromatic heterocycles. The van der Waals surface area contributed by atoms with Crippen molar-refractivity contribution >= 4 is 39.8 Å². The number of benzene rings is 3. The zero-order valence-corrected chi connectivity index (χ0v) is 41.4. The Labute approximate surface area is 416 Å². The second-order valence-corrected chi connectivity index (χ2v) is 19.6. The van der Waals surface area contributed by atoms with Crippen LogP contribution >= 0.6 is 0 Å². The van der Waals surface area contributed by atoms with Crippen molar-refractivity contribution in [2.75, 3.05) is 39.9 Å². The molecule has 0 fully saturated rings. The van der Waals surface area contributed by atoms with Gasteiger partial charge in [-0.3, -0.25) is 19.2 Å². The van der Waals surface area contributed by atoms with Crippen LogP contribution in [0.2, 0.25) is 0 Å². The van der Waals surface area contributed by atoms with Crippen molar-refractivity contribution in [3.05, 3.63) is 88.2 Å². The molecule has 0 radical (unpaired) electrons.